The van der Waals surface area contributed by atoms with E-state index in [4.69, 9.17) is 0 Å². The number of nitrogens with zero attached hydrogens (tertiary/aromatic N) is 2. The summed E-state index contributed by atoms with van der Waals surface area (Å²) >= 11 is 0. The van der Waals surface area contributed by atoms with Crippen LogP contribution in [0.25, 0.3) is 0 Å². The molecule has 0 bridgehead atoms. The molecule has 0 fully saturated rings. The molecule has 0 aliphatic carbocycles. The van der Waals surface area contributed by atoms with Crippen LogP contribution in [0.1, 0.15) is 57.4 Å². The highest BCUT2D eigenvalue weighted by atomic mass is 16.2. The fourth-order valence-corrected chi connectivity index (χ4v) is 3.72. The number of hydrogen-bond donors (Lipinski definition) is 1. The zero-order valence-electron chi connectivity index (χ0n) is 17.9. The van der Waals surface area contributed by atoms with Crippen LogP contribution in [0, 0.1) is 0 Å². The third-order valence-electron chi connectivity index (χ3n) is 5.52. The molecule has 0 spiro atoms. The number of rotatable bonds is 9. The number of fused-ring (bicyclic) bond motifs is 1. The maximum atomic E-state index is 12.8. The Kier molecular flexibility index (Phi) is 7.00. The molecule has 2 aromatic carbocycles. The van der Waals surface area contributed by atoms with Gasteiger partial charge in [-0.15, -0.1) is 0 Å². The molecule has 6 heteroatoms. The number of imide groups is 1. The monoisotopic (exact) mass is 407 g/mol. The number of carbonyl (C=O) groups excluding carboxylic acids is 3. The Labute approximate surface area is 177 Å². The molecule has 0 radical (unpaired) electrons. The van der Waals surface area contributed by atoms with Crippen LogP contribution < -0.4 is 5.32 Å². The van der Waals surface area contributed by atoms with Crippen molar-refractivity contribution in [3.05, 3.63) is 70.8 Å². The second kappa shape index (κ2) is 9.67. The topological polar surface area (TPSA) is 69.7 Å². The maximum absolute atomic E-state index is 12.8. The fraction of sp³-hybridized carbons (Fsp3) is 0.375. The summed E-state index contributed by atoms with van der Waals surface area (Å²) in [6, 6.07) is 14.9. The van der Waals surface area contributed by atoms with Crippen LogP contribution in [0.5, 0.6) is 0 Å². The number of amides is 3. The number of benzene rings is 2. The Morgan fingerprint density at radius 1 is 1.03 bits per heavy atom. The van der Waals surface area contributed by atoms with Crippen molar-refractivity contribution in [1.29, 1.82) is 0 Å². The first kappa shape index (κ1) is 21.7. The first-order chi connectivity index (χ1) is 14.4. The molecule has 1 heterocycles. The first-order valence-corrected chi connectivity index (χ1v) is 10.5. The average molecular weight is 408 g/mol. The third kappa shape index (κ3) is 4.76. The second-order valence-corrected chi connectivity index (χ2v) is 7.74. The number of carbonyl (C=O) groups is 3. The number of likely N-dealkylation sites (N-methyl/N-ethyl adjacent to an activating group) is 1. The van der Waals surface area contributed by atoms with Crippen molar-refractivity contribution in [2.75, 3.05) is 26.2 Å². The fourth-order valence-electron chi connectivity index (χ4n) is 3.72. The van der Waals surface area contributed by atoms with Crippen LogP contribution in [-0.4, -0.2) is 59.7 Å². The zero-order valence-corrected chi connectivity index (χ0v) is 17.9. The molecule has 0 unspecified atom stereocenters. The van der Waals surface area contributed by atoms with Gasteiger partial charge in [0.05, 0.1) is 11.1 Å². The molecule has 6 nitrogen and oxygen atoms in total. The van der Waals surface area contributed by atoms with Gasteiger partial charge >= 0.3 is 0 Å². The van der Waals surface area contributed by atoms with Crippen molar-refractivity contribution in [2.24, 2.45) is 0 Å². The molecule has 2 aromatic rings. The Morgan fingerprint density at radius 3 is 2.40 bits per heavy atom. The van der Waals surface area contributed by atoms with E-state index in [2.05, 4.69) is 31.0 Å². The molecule has 0 saturated carbocycles. The minimum atomic E-state index is -0.336. The van der Waals surface area contributed by atoms with E-state index < -0.39 is 0 Å². The molecule has 1 N–H and O–H groups in total. The van der Waals surface area contributed by atoms with Crippen molar-refractivity contribution in [2.45, 2.75) is 33.2 Å². The van der Waals surface area contributed by atoms with Gasteiger partial charge < -0.3 is 5.32 Å². The average Bonchev–Trinajstić information content (AvgIpc) is 2.99. The van der Waals surface area contributed by atoms with Gasteiger partial charge in [-0.25, -0.2) is 0 Å². The summed E-state index contributed by atoms with van der Waals surface area (Å²) in [7, 11) is 0. The minimum absolute atomic E-state index is 0.236. The highest BCUT2D eigenvalue weighted by Gasteiger charge is 2.35. The molecule has 0 aromatic heterocycles. The standard InChI is InChI=1S/C24H29N3O3/c1-4-26(17(2)3)15-13-25-22(28)19-10-11-20-21(16-19)24(30)27(23(20)29)14-12-18-8-6-5-7-9-18/h5-11,16-17H,4,12-15H2,1-3H3,(H,25,28). The van der Waals surface area contributed by atoms with E-state index in [0.717, 1.165) is 18.7 Å². The van der Waals surface area contributed by atoms with Crippen molar-refractivity contribution in [3.8, 4) is 0 Å². The van der Waals surface area contributed by atoms with Crippen molar-refractivity contribution < 1.29 is 14.4 Å². The molecule has 158 valence electrons. The molecule has 3 rings (SSSR count). The summed E-state index contributed by atoms with van der Waals surface area (Å²) in [6.07, 6.45) is 0.601. The summed E-state index contributed by atoms with van der Waals surface area (Å²) in [6.45, 7) is 8.86. The number of nitrogens with one attached hydrogen (secondary N) is 1. The van der Waals surface area contributed by atoms with E-state index in [-0.39, 0.29) is 17.7 Å². The Hall–Kier alpha value is -2.99. The van der Waals surface area contributed by atoms with Gasteiger partial charge in [-0.3, -0.25) is 24.2 Å². The quantitative estimate of drug-likeness (QED) is 0.649. The van der Waals surface area contributed by atoms with Crippen LogP contribution in [0.2, 0.25) is 0 Å². The molecule has 3 amide bonds. The molecule has 0 atom stereocenters. The van der Waals surface area contributed by atoms with E-state index in [1.807, 2.05) is 30.3 Å². The molecule has 1 aliphatic rings. The van der Waals surface area contributed by atoms with E-state index in [1.165, 1.54) is 11.0 Å². The third-order valence-corrected chi connectivity index (χ3v) is 5.52. The summed E-state index contributed by atoms with van der Waals surface area (Å²) in [5.41, 5.74) is 2.13. The predicted molar refractivity (Wildman–Crippen MR) is 117 cm³/mol. The van der Waals surface area contributed by atoms with E-state index >= 15 is 0 Å². The molecule has 1 aliphatic heterocycles. The number of hydrogen-bond acceptors (Lipinski definition) is 4. The van der Waals surface area contributed by atoms with Gasteiger partial charge in [-0.1, -0.05) is 37.3 Å². The Morgan fingerprint density at radius 2 is 1.73 bits per heavy atom. The summed E-state index contributed by atoms with van der Waals surface area (Å²) in [5.74, 6) is -0.869. The van der Waals surface area contributed by atoms with Crippen molar-refractivity contribution in [3.63, 3.8) is 0 Å². The zero-order chi connectivity index (χ0) is 21.7. The van der Waals surface area contributed by atoms with Crippen LogP contribution >= 0.6 is 0 Å². The lowest BCUT2D eigenvalue weighted by molar-refractivity contribution is 0.0656. The lowest BCUT2D eigenvalue weighted by Gasteiger charge is -2.24. The SMILES string of the molecule is CCN(CCNC(=O)c1ccc2c(c1)C(=O)N(CCc1ccccc1)C2=O)C(C)C. The van der Waals surface area contributed by atoms with Gasteiger partial charge in [-0.05, 0) is 50.6 Å². The second-order valence-electron chi connectivity index (χ2n) is 7.74. The van der Waals surface area contributed by atoms with Gasteiger partial charge in [-0.2, -0.15) is 0 Å². The van der Waals surface area contributed by atoms with Crippen LogP contribution in [0.3, 0.4) is 0 Å². The first-order valence-electron chi connectivity index (χ1n) is 10.5. The van der Waals surface area contributed by atoms with Crippen LogP contribution in [0.4, 0.5) is 0 Å². The molecule has 0 saturated heterocycles. The van der Waals surface area contributed by atoms with Gasteiger partial charge in [0, 0.05) is 31.2 Å². The summed E-state index contributed by atoms with van der Waals surface area (Å²) < 4.78 is 0. The lowest BCUT2D eigenvalue weighted by Crippen LogP contribution is -2.38. The van der Waals surface area contributed by atoms with Crippen molar-refractivity contribution in [1.82, 2.24) is 15.1 Å². The normalized spacial score (nSPS) is 13.3. The van der Waals surface area contributed by atoms with E-state index in [0.29, 0.717) is 42.2 Å². The molecular weight excluding hydrogens is 378 g/mol. The lowest BCUT2D eigenvalue weighted by atomic mass is 10.1. The minimum Gasteiger partial charge on any atom is -0.351 e. The van der Waals surface area contributed by atoms with Crippen LogP contribution in [0.15, 0.2) is 48.5 Å². The van der Waals surface area contributed by atoms with Crippen molar-refractivity contribution >= 4 is 17.7 Å². The summed E-state index contributed by atoms with van der Waals surface area (Å²) in [4.78, 5) is 41.5. The van der Waals surface area contributed by atoms with E-state index in [1.54, 1.807) is 12.1 Å². The van der Waals surface area contributed by atoms with Gasteiger partial charge in [0.15, 0.2) is 0 Å². The van der Waals surface area contributed by atoms with Gasteiger partial charge in [0.2, 0.25) is 0 Å². The van der Waals surface area contributed by atoms with Crippen LogP contribution in [-0.2, 0) is 6.42 Å². The smallest absolute Gasteiger partial charge is 0.261 e. The highest BCUT2D eigenvalue weighted by Crippen LogP contribution is 2.24. The van der Waals surface area contributed by atoms with Gasteiger partial charge in [0.1, 0.15) is 0 Å². The Bertz CT molecular complexity index is 925. The predicted octanol–water partition coefficient (Wildman–Crippen LogP) is 2.99. The largest absolute Gasteiger partial charge is 0.351 e. The van der Waals surface area contributed by atoms with Gasteiger partial charge in [0.25, 0.3) is 17.7 Å². The highest BCUT2D eigenvalue weighted by molar-refractivity contribution is 6.22. The molecule has 30 heavy (non-hydrogen) atoms. The maximum Gasteiger partial charge on any atom is 0.261 e. The van der Waals surface area contributed by atoms with E-state index in [9.17, 15) is 14.4 Å². The Balaban J connectivity index is 1.63. The molecular formula is C24H29N3O3. The summed E-state index contributed by atoms with van der Waals surface area (Å²) in [5, 5.41) is 2.90.